The van der Waals surface area contributed by atoms with Crippen LogP contribution in [-0.4, -0.2) is 50.9 Å². The number of benzene rings is 1. The first kappa shape index (κ1) is 19.7. The molecule has 1 aliphatic heterocycles. The number of rotatable bonds is 4. The van der Waals surface area contributed by atoms with Gasteiger partial charge in [0.15, 0.2) is 5.52 Å². The second-order valence-corrected chi connectivity index (χ2v) is 8.09. The Hall–Kier alpha value is -2.65. The van der Waals surface area contributed by atoms with Crippen LogP contribution in [0.2, 0.25) is 5.02 Å². The maximum Gasteiger partial charge on any atom is 0.328 e. The van der Waals surface area contributed by atoms with Crippen LogP contribution in [0.1, 0.15) is 23.0 Å². The number of aromatic amines is 1. The van der Waals surface area contributed by atoms with E-state index < -0.39 is 11.2 Å². The Kier molecular flexibility index (Phi) is 5.42. The van der Waals surface area contributed by atoms with Gasteiger partial charge in [-0.05, 0) is 36.2 Å². The smallest absolute Gasteiger partial charge is 0.328 e. The van der Waals surface area contributed by atoms with Crippen LogP contribution in [0.4, 0.5) is 5.69 Å². The number of nitrogens with zero attached hydrogens (tertiary/aromatic N) is 4. The SMILES string of the molecule is CCCn1c(=O)[nH]c2c(C(=O)N3CCN(c4cccc(Cl)c4)CC3)snc2c1=O. The van der Waals surface area contributed by atoms with Crippen LogP contribution in [0.15, 0.2) is 33.9 Å². The summed E-state index contributed by atoms with van der Waals surface area (Å²) in [6.45, 7) is 4.60. The molecule has 0 atom stereocenters. The van der Waals surface area contributed by atoms with E-state index in [4.69, 9.17) is 11.6 Å². The number of hydrogen-bond donors (Lipinski definition) is 1. The minimum absolute atomic E-state index is 0.143. The van der Waals surface area contributed by atoms with Gasteiger partial charge in [0.2, 0.25) is 0 Å². The fraction of sp³-hybridized carbons (Fsp3) is 0.368. The van der Waals surface area contributed by atoms with E-state index in [-0.39, 0.29) is 16.9 Å². The van der Waals surface area contributed by atoms with Crippen molar-refractivity contribution >= 4 is 45.8 Å². The quantitative estimate of drug-likeness (QED) is 0.680. The van der Waals surface area contributed by atoms with Gasteiger partial charge in [-0.15, -0.1) is 0 Å². The van der Waals surface area contributed by atoms with Gasteiger partial charge in [0.1, 0.15) is 4.88 Å². The number of amides is 1. The molecule has 10 heteroatoms. The Labute approximate surface area is 175 Å². The van der Waals surface area contributed by atoms with Crippen LogP contribution in [0, 0.1) is 0 Å². The zero-order valence-corrected chi connectivity index (χ0v) is 17.4. The van der Waals surface area contributed by atoms with Crippen molar-refractivity contribution in [3.8, 4) is 0 Å². The summed E-state index contributed by atoms with van der Waals surface area (Å²) in [6, 6.07) is 7.63. The molecule has 1 aromatic carbocycles. The number of anilines is 1. The van der Waals surface area contributed by atoms with Gasteiger partial charge in [0.05, 0.1) is 5.52 Å². The zero-order chi connectivity index (χ0) is 20.5. The number of piperazine rings is 1. The number of carbonyl (C=O) groups is 1. The van der Waals surface area contributed by atoms with Crippen molar-refractivity contribution in [2.75, 3.05) is 31.1 Å². The van der Waals surface area contributed by atoms with E-state index in [2.05, 4.69) is 14.3 Å². The molecule has 152 valence electrons. The second-order valence-electron chi connectivity index (χ2n) is 6.88. The van der Waals surface area contributed by atoms with Gasteiger partial charge in [-0.1, -0.05) is 24.6 Å². The topological polar surface area (TPSA) is 91.3 Å². The lowest BCUT2D eigenvalue weighted by Crippen LogP contribution is -2.48. The number of nitrogens with one attached hydrogen (secondary N) is 1. The molecule has 8 nitrogen and oxygen atoms in total. The molecule has 3 heterocycles. The minimum Gasteiger partial charge on any atom is -0.368 e. The molecule has 1 aliphatic rings. The molecular weight excluding hydrogens is 414 g/mol. The predicted octanol–water partition coefficient (Wildman–Crippen LogP) is 2.17. The number of aromatic nitrogens is 3. The van der Waals surface area contributed by atoms with Gasteiger partial charge in [-0.3, -0.25) is 14.2 Å². The first-order valence-electron chi connectivity index (χ1n) is 9.42. The number of H-pyrrole nitrogens is 1. The molecule has 1 saturated heterocycles. The Morgan fingerprint density at radius 2 is 2.00 bits per heavy atom. The van der Waals surface area contributed by atoms with Crippen molar-refractivity contribution in [1.82, 2.24) is 18.8 Å². The third-order valence-electron chi connectivity index (χ3n) is 5.00. The molecule has 1 N–H and O–H groups in total. The average molecular weight is 434 g/mol. The van der Waals surface area contributed by atoms with E-state index in [0.717, 1.165) is 21.8 Å². The monoisotopic (exact) mass is 433 g/mol. The fourth-order valence-electron chi connectivity index (χ4n) is 3.50. The molecule has 1 fully saturated rings. The van der Waals surface area contributed by atoms with E-state index in [0.29, 0.717) is 49.0 Å². The third-order valence-corrected chi connectivity index (χ3v) is 6.07. The Morgan fingerprint density at radius 3 is 2.69 bits per heavy atom. The standard InChI is InChI=1S/C19H20ClN5O3S/c1-2-6-25-17(26)15-14(21-19(25)28)16(29-22-15)18(27)24-9-7-23(8-10-24)13-5-3-4-12(20)11-13/h3-5,11H,2,6-10H2,1H3,(H,21,28). The van der Waals surface area contributed by atoms with Crippen molar-refractivity contribution in [2.45, 2.75) is 19.9 Å². The van der Waals surface area contributed by atoms with Crippen LogP contribution in [0.5, 0.6) is 0 Å². The first-order valence-corrected chi connectivity index (χ1v) is 10.6. The summed E-state index contributed by atoms with van der Waals surface area (Å²) in [6.07, 6.45) is 0.654. The number of carbonyl (C=O) groups excluding carboxylic acids is 1. The summed E-state index contributed by atoms with van der Waals surface area (Å²) in [7, 11) is 0. The summed E-state index contributed by atoms with van der Waals surface area (Å²) in [5.41, 5.74) is 0.438. The summed E-state index contributed by atoms with van der Waals surface area (Å²) >= 11 is 7.03. The predicted molar refractivity (Wildman–Crippen MR) is 114 cm³/mol. The Bertz CT molecular complexity index is 1180. The van der Waals surface area contributed by atoms with Gasteiger partial charge in [0.25, 0.3) is 11.5 Å². The van der Waals surface area contributed by atoms with E-state index >= 15 is 0 Å². The summed E-state index contributed by atoms with van der Waals surface area (Å²) in [5, 5.41) is 0.676. The van der Waals surface area contributed by atoms with Crippen LogP contribution in [-0.2, 0) is 6.54 Å². The molecule has 0 radical (unpaired) electrons. The summed E-state index contributed by atoms with van der Waals surface area (Å²) < 4.78 is 5.28. The maximum absolute atomic E-state index is 13.0. The van der Waals surface area contributed by atoms with Crippen molar-refractivity contribution in [2.24, 2.45) is 0 Å². The van der Waals surface area contributed by atoms with E-state index in [9.17, 15) is 14.4 Å². The van der Waals surface area contributed by atoms with Gasteiger partial charge in [-0.25, -0.2) is 4.79 Å². The number of hydrogen-bond acceptors (Lipinski definition) is 6. The van der Waals surface area contributed by atoms with Gasteiger partial charge >= 0.3 is 5.69 Å². The zero-order valence-electron chi connectivity index (χ0n) is 15.9. The highest BCUT2D eigenvalue weighted by Crippen LogP contribution is 2.23. The molecule has 29 heavy (non-hydrogen) atoms. The van der Waals surface area contributed by atoms with Gasteiger partial charge in [-0.2, -0.15) is 4.37 Å². The van der Waals surface area contributed by atoms with Gasteiger partial charge in [0, 0.05) is 43.4 Å². The average Bonchev–Trinajstić information content (AvgIpc) is 3.14. The molecular formula is C19H20ClN5O3S. The molecule has 1 amide bonds. The summed E-state index contributed by atoms with van der Waals surface area (Å²) in [4.78, 5) is 44.7. The lowest BCUT2D eigenvalue weighted by Gasteiger charge is -2.36. The van der Waals surface area contributed by atoms with Crippen LogP contribution >= 0.6 is 23.1 Å². The van der Waals surface area contributed by atoms with E-state index in [1.54, 1.807) is 4.90 Å². The fourth-order valence-corrected chi connectivity index (χ4v) is 4.49. The third kappa shape index (κ3) is 3.67. The van der Waals surface area contributed by atoms with E-state index in [1.807, 2.05) is 31.2 Å². The normalized spacial score (nSPS) is 14.6. The first-order chi connectivity index (χ1) is 14.0. The minimum atomic E-state index is -0.510. The van der Waals surface area contributed by atoms with Crippen LogP contribution < -0.4 is 16.1 Å². The van der Waals surface area contributed by atoms with E-state index in [1.165, 1.54) is 0 Å². The van der Waals surface area contributed by atoms with Crippen molar-refractivity contribution in [3.05, 3.63) is 55.0 Å². The lowest BCUT2D eigenvalue weighted by atomic mass is 10.2. The van der Waals surface area contributed by atoms with Crippen LogP contribution in [0.25, 0.3) is 11.0 Å². The van der Waals surface area contributed by atoms with Crippen molar-refractivity contribution < 1.29 is 4.79 Å². The number of halogens is 1. The highest BCUT2D eigenvalue weighted by atomic mass is 35.5. The maximum atomic E-state index is 13.0. The molecule has 0 bridgehead atoms. The largest absolute Gasteiger partial charge is 0.368 e. The number of fused-ring (bicyclic) bond motifs is 1. The molecule has 0 saturated carbocycles. The molecule has 3 aromatic rings. The molecule has 0 unspecified atom stereocenters. The van der Waals surface area contributed by atoms with Gasteiger partial charge < -0.3 is 14.8 Å². The van der Waals surface area contributed by atoms with Crippen molar-refractivity contribution in [1.29, 1.82) is 0 Å². The highest BCUT2D eigenvalue weighted by Gasteiger charge is 2.27. The molecule has 0 spiro atoms. The molecule has 2 aromatic heterocycles. The molecule has 4 rings (SSSR count). The Balaban J connectivity index is 1.56. The highest BCUT2D eigenvalue weighted by molar-refractivity contribution is 7.09. The van der Waals surface area contributed by atoms with Crippen LogP contribution in [0.3, 0.4) is 0 Å². The summed E-state index contributed by atoms with van der Waals surface area (Å²) in [5.74, 6) is -0.216. The Morgan fingerprint density at radius 1 is 1.24 bits per heavy atom. The second kappa shape index (κ2) is 8.00. The van der Waals surface area contributed by atoms with Crippen molar-refractivity contribution in [3.63, 3.8) is 0 Å². The molecule has 0 aliphatic carbocycles. The lowest BCUT2D eigenvalue weighted by molar-refractivity contribution is 0.0753.